The number of benzene rings is 1. The van der Waals surface area contributed by atoms with Crippen molar-refractivity contribution >= 4 is 11.6 Å². The van der Waals surface area contributed by atoms with Crippen molar-refractivity contribution in [2.45, 2.75) is 45.3 Å². The molecule has 0 spiro atoms. The lowest BCUT2D eigenvalue weighted by atomic mass is 9.88. The molecule has 2 nitrogen and oxygen atoms in total. The minimum atomic E-state index is -0.273. The van der Waals surface area contributed by atoms with Crippen LogP contribution in [-0.2, 0) is 4.74 Å². The molecule has 20 heavy (non-hydrogen) atoms. The first-order chi connectivity index (χ1) is 9.38. The molecule has 2 rings (SSSR count). The van der Waals surface area contributed by atoms with Crippen molar-refractivity contribution < 1.29 is 9.13 Å². The van der Waals surface area contributed by atoms with E-state index in [0.717, 1.165) is 19.4 Å². The third kappa shape index (κ3) is 3.94. The van der Waals surface area contributed by atoms with E-state index < -0.39 is 0 Å². The van der Waals surface area contributed by atoms with E-state index in [-0.39, 0.29) is 23.4 Å². The Morgan fingerprint density at radius 2 is 2.15 bits per heavy atom. The van der Waals surface area contributed by atoms with Crippen LogP contribution >= 0.6 is 11.6 Å². The van der Waals surface area contributed by atoms with Gasteiger partial charge in [-0.1, -0.05) is 17.7 Å². The number of halogens is 2. The zero-order valence-electron chi connectivity index (χ0n) is 12.4. The molecule has 0 radical (unpaired) electrons. The van der Waals surface area contributed by atoms with Crippen LogP contribution in [0.3, 0.4) is 0 Å². The molecule has 1 aromatic rings. The second-order valence-electron chi connectivity index (χ2n) is 6.46. The summed E-state index contributed by atoms with van der Waals surface area (Å²) in [6, 6.07) is 4.81. The van der Waals surface area contributed by atoms with E-state index in [1.165, 1.54) is 6.07 Å². The minimum Gasteiger partial charge on any atom is -0.373 e. The topological polar surface area (TPSA) is 21.3 Å². The number of rotatable bonds is 3. The summed E-state index contributed by atoms with van der Waals surface area (Å²) >= 11 is 6.18. The van der Waals surface area contributed by atoms with Crippen molar-refractivity contribution in [2.24, 2.45) is 5.92 Å². The highest BCUT2D eigenvalue weighted by molar-refractivity contribution is 6.31. The van der Waals surface area contributed by atoms with Gasteiger partial charge < -0.3 is 10.1 Å². The number of hydrogen-bond acceptors (Lipinski definition) is 2. The van der Waals surface area contributed by atoms with E-state index in [4.69, 9.17) is 16.3 Å². The van der Waals surface area contributed by atoms with Gasteiger partial charge in [0.05, 0.1) is 6.10 Å². The summed E-state index contributed by atoms with van der Waals surface area (Å²) in [6.07, 6.45) is 1.78. The summed E-state index contributed by atoms with van der Waals surface area (Å²) in [7, 11) is 0. The van der Waals surface area contributed by atoms with Crippen LogP contribution in [0, 0.1) is 11.7 Å². The first-order valence-corrected chi connectivity index (χ1v) is 7.57. The summed E-state index contributed by atoms with van der Waals surface area (Å²) < 4.78 is 19.9. The van der Waals surface area contributed by atoms with Crippen LogP contribution in [0.5, 0.6) is 0 Å². The molecule has 0 bridgehead atoms. The SMILES string of the molecule is CC(C)(C)NCC1CCCOC1c1c(F)cccc1Cl. The summed E-state index contributed by atoms with van der Waals surface area (Å²) in [4.78, 5) is 0. The Morgan fingerprint density at radius 1 is 1.40 bits per heavy atom. The zero-order valence-corrected chi connectivity index (χ0v) is 13.1. The van der Waals surface area contributed by atoms with E-state index in [9.17, 15) is 4.39 Å². The van der Waals surface area contributed by atoms with Gasteiger partial charge in [-0.2, -0.15) is 0 Å². The molecule has 1 aliphatic heterocycles. The molecule has 0 amide bonds. The predicted molar refractivity (Wildman–Crippen MR) is 80.6 cm³/mol. The van der Waals surface area contributed by atoms with Gasteiger partial charge in [0.1, 0.15) is 5.82 Å². The fraction of sp³-hybridized carbons (Fsp3) is 0.625. The van der Waals surface area contributed by atoms with Crippen LogP contribution in [0.2, 0.25) is 5.02 Å². The lowest BCUT2D eigenvalue weighted by Gasteiger charge is -2.35. The Kier molecular flexibility index (Phi) is 5.05. The Balaban J connectivity index is 2.18. The molecule has 1 aliphatic rings. The summed E-state index contributed by atoms with van der Waals surface area (Å²) in [5, 5.41) is 3.94. The van der Waals surface area contributed by atoms with Crippen LogP contribution in [0.15, 0.2) is 18.2 Å². The van der Waals surface area contributed by atoms with Crippen molar-refractivity contribution in [3.05, 3.63) is 34.6 Å². The Hall–Kier alpha value is -0.640. The maximum atomic E-state index is 14.1. The third-order valence-corrected chi connectivity index (χ3v) is 3.95. The minimum absolute atomic E-state index is 0.0427. The zero-order chi connectivity index (χ0) is 14.8. The average Bonchev–Trinajstić information content (AvgIpc) is 2.36. The lowest BCUT2D eigenvalue weighted by Crippen LogP contribution is -2.42. The van der Waals surface area contributed by atoms with Gasteiger partial charge in [-0.25, -0.2) is 4.39 Å². The van der Waals surface area contributed by atoms with Crippen molar-refractivity contribution in [3.8, 4) is 0 Å². The fourth-order valence-electron chi connectivity index (χ4n) is 2.59. The first-order valence-electron chi connectivity index (χ1n) is 7.19. The van der Waals surface area contributed by atoms with Gasteiger partial charge in [0.25, 0.3) is 0 Å². The average molecular weight is 300 g/mol. The highest BCUT2D eigenvalue weighted by Crippen LogP contribution is 2.38. The van der Waals surface area contributed by atoms with Crippen LogP contribution in [0.1, 0.15) is 45.3 Å². The van der Waals surface area contributed by atoms with Crippen molar-refractivity contribution in [1.29, 1.82) is 0 Å². The predicted octanol–water partition coefficient (Wildman–Crippen LogP) is 4.33. The highest BCUT2D eigenvalue weighted by atomic mass is 35.5. The highest BCUT2D eigenvalue weighted by Gasteiger charge is 2.31. The Labute approximate surface area is 125 Å². The van der Waals surface area contributed by atoms with Crippen molar-refractivity contribution in [1.82, 2.24) is 5.32 Å². The van der Waals surface area contributed by atoms with Crippen molar-refractivity contribution in [3.63, 3.8) is 0 Å². The van der Waals surface area contributed by atoms with Gasteiger partial charge in [-0.15, -0.1) is 0 Å². The van der Waals surface area contributed by atoms with E-state index in [1.54, 1.807) is 12.1 Å². The molecular weight excluding hydrogens is 277 g/mol. The normalized spacial score (nSPS) is 23.9. The van der Waals surface area contributed by atoms with Crippen LogP contribution in [0.4, 0.5) is 4.39 Å². The first kappa shape index (κ1) is 15.7. The van der Waals surface area contributed by atoms with Gasteiger partial charge in [0.15, 0.2) is 0 Å². The van der Waals surface area contributed by atoms with Gasteiger partial charge in [0.2, 0.25) is 0 Å². The summed E-state index contributed by atoms with van der Waals surface area (Å²) in [5.41, 5.74) is 0.552. The maximum Gasteiger partial charge on any atom is 0.130 e. The molecule has 2 unspecified atom stereocenters. The van der Waals surface area contributed by atoms with E-state index in [2.05, 4.69) is 26.1 Å². The molecule has 0 aromatic heterocycles. The fourth-order valence-corrected chi connectivity index (χ4v) is 2.86. The number of ether oxygens (including phenoxy) is 1. The Morgan fingerprint density at radius 3 is 2.80 bits per heavy atom. The molecular formula is C16H23ClFNO. The quantitative estimate of drug-likeness (QED) is 0.896. The van der Waals surface area contributed by atoms with Gasteiger partial charge in [-0.3, -0.25) is 0 Å². The second-order valence-corrected chi connectivity index (χ2v) is 6.87. The van der Waals surface area contributed by atoms with Crippen molar-refractivity contribution in [2.75, 3.05) is 13.2 Å². The summed E-state index contributed by atoms with van der Waals surface area (Å²) in [6.45, 7) is 7.85. The van der Waals surface area contributed by atoms with Gasteiger partial charge >= 0.3 is 0 Å². The molecule has 2 atom stereocenters. The van der Waals surface area contributed by atoms with Gasteiger partial charge in [0, 0.05) is 35.2 Å². The van der Waals surface area contributed by atoms with E-state index in [1.807, 2.05) is 0 Å². The number of nitrogens with one attached hydrogen (secondary N) is 1. The molecule has 1 aromatic carbocycles. The van der Waals surface area contributed by atoms with E-state index >= 15 is 0 Å². The van der Waals surface area contributed by atoms with E-state index in [0.29, 0.717) is 17.2 Å². The standard InChI is InChI=1S/C16H23ClFNO/c1-16(2,3)19-10-11-6-5-9-20-15(11)14-12(17)7-4-8-13(14)18/h4,7-8,11,15,19H,5-6,9-10H2,1-3H3. The van der Waals surface area contributed by atoms with Crippen LogP contribution < -0.4 is 5.32 Å². The lowest BCUT2D eigenvalue weighted by molar-refractivity contribution is -0.0310. The third-order valence-electron chi connectivity index (χ3n) is 3.62. The maximum absolute atomic E-state index is 14.1. The number of hydrogen-bond donors (Lipinski definition) is 1. The molecule has 1 heterocycles. The Bertz CT molecular complexity index is 438. The van der Waals surface area contributed by atoms with Crippen LogP contribution in [-0.4, -0.2) is 18.7 Å². The molecule has 0 saturated carbocycles. The largest absolute Gasteiger partial charge is 0.373 e. The molecule has 112 valence electrons. The molecule has 1 N–H and O–H groups in total. The molecule has 0 aliphatic carbocycles. The molecule has 1 saturated heterocycles. The van der Waals surface area contributed by atoms with Gasteiger partial charge in [-0.05, 0) is 45.7 Å². The monoisotopic (exact) mass is 299 g/mol. The molecule has 1 fully saturated rings. The second kappa shape index (κ2) is 6.42. The van der Waals surface area contributed by atoms with Crippen LogP contribution in [0.25, 0.3) is 0 Å². The smallest absolute Gasteiger partial charge is 0.130 e. The summed E-state index contributed by atoms with van der Waals surface area (Å²) in [5.74, 6) is -0.0254. The molecule has 4 heteroatoms.